The molecule has 102 valence electrons. The Labute approximate surface area is 103 Å². The maximum Gasteiger partial charge on any atom is 0.287 e. The molecule has 1 aromatic carbocycles. The first-order valence-electron chi connectivity index (χ1n) is 4.80. The number of benzene rings is 1. The van der Waals surface area contributed by atoms with Gasteiger partial charge in [0, 0.05) is 11.4 Å². The topological polar surface area (TPSA) is 118 Å². The quantitative estimate of drug-likeness (QED) is 0.564. The Morgan fingerprint density at radius 3 is 2.44 bits per heavy atom. The van der Waals surface area contributed by atoms with E-state index in [1.807, 2.05) is 0 Å². The van der Waals surface area contributed by atoms with Gasteiger partial charge in [0.25, 0.3) is 5.92 Å². The van der Waals surface area contributed by atoms with Crippen LogP contribution in [0.2, 0.25) is 0 Å². The van der Waals surface area contributed by atoms with Gasteiger partial charge in [-0.1, -0.05) is 0 Å². The number of nitrogens with one attached hydrogen (secondary N) is 1. The van der Waals surface area contributed by atoms with Crippen molar-refractivity contribution in [3.05, 3.63) is 18.2 Å². The predicted molar refractivity (Wildman–Crippen MR) is 62.8 cm³/mol. The third kappa shape index (κ3) is 4.09. The standard InChI is InChI=1S/C9H13F2N3O3S/c10-9(11,5-15)4-14-7-1-6(12)2-8(3-7)18(13,16)17/h1-3,14-15H,4-5,12H2,(H2,13,16,17). The number of primary sulfonamides is 1. The fraction of sp³-hybridized carbons (Fsp3) is 0.333. The van der Waals surface area contributed by atoms with Crippen LogP contribution in [0.25, 0.3) is 0 Å². The molecule has 0 amide bonds. The maximum atomic E-state index is 12.8. The first-order chi connectivity index (χ1) is 8.14. The molecule has 0 heterocycles. The van der Waals surface area contributed by atoms with Gasteiger partial charge in [0.1, 0.15) is 6.61 Å². The van der Waals surface area contributed by atoms with E-state index in [0.717, 1.165) is 12.1 Å². The third-order valence-corrected chi connectivity index (χ3v) is 2.93. The molecule has 0 saturated carbocycles. The minimum atomic E-state index is -3.96. The van der Waals surface area contributed by atoms with Gasteiger partial charge in [-0.3, -0.25) is 0 Å². The molecule has 1 rings (SSSR count). The smallest absolute Gasteiger partial charge is 0.287 e. The van der Waals surface area contributed by atoms with Crippen LogP contribution in [-0.2, 0) is 10.0 Å². The Hall–Kier alpha value is -1.45. The summed E-state index contributed by atoms with van der Waals surface area (Å²) in [4.78, 5) is -0.280. The van der Waals surface area contributed by atoms with E-state index in [2.05, 4.69) is 5.32 Å². The molecule has 0 fully saturated rings. The number of aliphatic hydroxyl groups is 1. The van der Waals surface area contributed by atoms with E-state index in [9.17, 15) is 17.2 Å². The molecule has 0 atom stereocenters. The van der Waals surface area contributed by atoms with E-state index in [-0.39, 0.29) is 16.3 Å². The number of anilines is 2. The van der Waals surface area contributed by atoms with E-state index in [1.54, 1.807) is 0 Å². The fourth-order valence-electron chi connectivity index (χ4n) is 1.18. The second-order valence-electron chi connectivity index (χ2n) is 3.70. The molecule has 0 unspecified atom stereocenters. The Balaban J connectivity index is 2.95. The molecule has 9 heteroatoms. The van der Waals surface area contributed by atoms with Crippen molar-refractivity contribution >= 4 is 21.4 Å². The highest BCUT2D eigenvalue weighted by Gasteiger charge is 2.27. The van der Waals surface area contributed by atoms with E-state index < -0.39 is 29.1 Å². The SMILES string of the molecule is Nc1cc(NCC(F)(F)CO)cc(S(N)(=O)=O)c1. The van der Waals surface area contributed by atoms with Crippen molar-refractivity contribution in [3.8, 4) is 0 Å². The number of nitrogen functional groups attached to an aromatic ring is 1. The summed E-state index contributed by atoms with van der Waals surface area (Å²) in [6.45, 7) is -2.17. The second-order valence-corrected chi connectivity index (χ2v) is 5.26. The van der Waals surface area contributed by atoms with Crippen LogP contribution in [0.4, 0.5) is 20.2 Å². The van der Waals surface area contributed by atoms with Crippen LogP contribution in [0.5, 0.6) is 0 Å². The maximum absolute atomic E-state index is 12.8. The highest BCUT2D eigenvalue weighted by molar-refractivity contribution is 7.89. The Morgan fingerprint density at radius 2 is 1.94 bits per heavy atom. The van der Waals surface area contributed by atoms with Crippen molar-refractivity contribution < 1.29 is 22.3 Å². The lowest BCUT2D eigenvalue weighted by Gasteiger charge is -2.15. The average Bonchev–Trinajstić information content (AvgIpc) is 2.25. The van der Waals surface area contributed by atoms with E-state index in [1.165, 1.54) is 6.07 Å². The number of alkyl halides is 2. The summed E-state index contributed by atoms with van der Waals surface area (Å²) < 4.78 is 47.8. The van der Waals surface area contributed by atoms with Crippen molar-refractivity contribution in [2.75, 3.05) is 24.2 Å². The Kier molecular flexibility index (Phi) is 4.09. The van der Waals surface area contributed by atoms with Crippen molar-refractivity contribution in [1.29, 1.82) is 0 Å². The van der Waals surface area contributed by atoms with E-state index in [0.29, 0.717) is 0 Å². The van der Waals surface area contributed by atoms with Gasteiger partial charge in [-0.25, -0.2) is 22.3 Å². The minimum absolute atomic E-state index is 0.0661. The Bertz CT molecular complexity index is 534. The summed E-state index contributed by atoms with van der Waals surface area (Å²) in [5.41, 5.74) is 5.57. The van der Waals surface area contributed by atoms with E-state index in [4.69, 9.17) is 16.0 Å². The van der Waals surface area contributed by atoms with Crippen LogP contribution >= 0.6 is 0 Å². The van der Waals surface area contributed by atoms with Gasteiger partial charge in [-0.2, -0.15) is 0 Å². The van der Waals surface area contributed by atoms with Gasteiger partial charge in [-0.15, -0.1) is 0 Å². The zero-order valence-corrected chi connectivity index (χ0v) is 10.0. The van der Waals surface area contributed by atoms with Gasteiger partial charge in [0.15, 0.2) is 0 Å². The van der Waals surface area contributed by atoms with Crippen LogP contribution in [0.15, 0.2) is 23.1 Å². The number of sulfonamides is 1. The lowest BCUT2D eigenvalue weighted by molar-refractivity contribution is -0.0372. The largest absolute Gasteiger partial charge is 0.399 e. The third-order valence-electron chi connectivity index (χ3n) is 2.04. The zero-order chi connectivity index (χ0) is 14.0. The zero-order valence-electron chi connectivity index (χ0n) is 9.23. The van der Waals surface area contributed by atoms with Crippen molar-refractivity contribution in [2.24, 2.45) is 5.14 Å². The normalized spacial score (nSPS) is 12.4. The minimum Gasteiger partial charge on any atom is -0.399 e. The van der Waals surface area contributed by atoms with Crippen LogP contribution in [0, 0.1) is 0 Å². The summed E-state index contributed by atoms with van der Waals surface area (Å²) in [5, 5.41) is 15.6. The van der Waals surface area contributed by atoms with Gasteiger partial charge in [-0.05, 0) is 18.2 Å². The first kappa shape index (κ1) is 14.6. The molecule has 0 aliphatic carbocycles. The van der Waals surface area contributed by atoms with Crippen LogP contribution in [-0.4, -0.2) is 32.6 Å². The number of hydrogen-bond donors (Lipinski definition) is 4. The number of aliphatic hydroxyl groups excluding tert-OH is 1. The lowest BCUT2D eigenvalue weighted by Crippen LogP contribution is -2.31. The summed E-state index contributed by atoms with van der Waals surface area (Å²) >= 11 is 0. The van der Waals surface area contributed by atoms with Crippen molar-refractivity contribution in [2.45, 2.75) is 10.8 Å². The molecule has 0 aliphatic heterocycles. The van der Waals surface area contributed by atoms with Gasteiger partial charge >= 0.3 is 0 Å². The molecule has 6 N–H and O–H groups in total. The summed E-state index contributed by atoms with van der Waals surface area (Å²) in [6.07, 6.45) is 0. The molecule has 0 aliphatic rings. The van der Waals surface area contributed by atoms with E-state index >= 15 is 0 Å². The van der Waals surface area contributed by atoms with Crippen LogP contribution in [0.1, 0.15) is 0 Å². The van der Waals surface area contributed by atoms with Gasteiger partial charge in [0.2, 0.25) is 10.0 Å². The number of hydrogen-bond acceptors (Lipinski definition) is 5. The molecular formula is C9H13F2N3O3S. The van der Waals surface area contributed by atoms with Crippen LogP contribution in [0.3, 0.4) is 0 Å². The number of rotatable bonds is 5. The number of halogens is 2. The molecular weight excluding hydrogens is 268 g/mol. The van der Waals surface area contributed by atoms with Gasteiger partial charge < -0.3 is 16.2 Å². The highest BCUT2D eigenvalue weighted by Crippen LogP contribution is 2.21. The summed E-state index contributed by atoms with van der Waals surface area (Å²) in [7, 11) is -3.96. The molecule has 0 spiro atoms. The molecule has 0 saturated heterocycles. The molecule has 0 bridgehead atoms. The monoisotopic (exact) mass is 281 g/mol. The van der Waals surface area contributed by atoms with Crippen LogP contribution < -0.4 is 16.2 Å². The summed E-state index contributed by atoms with van der Waals surface area (Å²) in [6, 6.07) is 3.48. The molecule has 0 radical (unpaired) electrons. The average molecular weight is 281 g/mol. The second kappa shape index (κ2) is 5.04. The Morgan fingerprint density at radius 1 is 1.33 bits per heavy atom. The van der Waals surface area contributed by atoms with Gasteiger partial charge in [0.05, 0.1) is 11.4 Å². The fourth-order valence-corrected chi connectivity index (χ4v) is 1.77. The predicted octanol–water partition coefficient (Wildman–Crippen LogP) is -0.0443. The van der Waals surface area contributed by atoms with Crippen molar-refractivity contribution in [3.63, 3.8) is 0 Å². The number of nitrogens with two attached hydrogens (primary N) is 2. The molecule has 1 aromatic rings. The van der Waals surface area contributed by atoms with Crippen molar-refractivity contribution in [1.82, 2.24) is 0 Å². The molecule has 18 heavy (non-hydrogen) atoms. The lowest BCUT2D eigenvalue weighted by atomic mass is 10.2. The molecule has 6 nitrogen and oxygen atoms in total. The summed E-state index contributed by atoms with van der Waals surface area (Å²) in [5.74, 6) is -3.31. The first-order valence-corrected chi connectivity index (χ1v) is 6.35. The highest BCUT2D eigenvalue weighted by atomic mass is 32.2. The molecule has 0 aromatic heterocycles.